The maximum atomic E-state index is 12.4. The number of imide groups is 2. The van der Waals surface area contributed by atoms with Gasteiger partial charge in [0.05, 0.1) is 6.54 Å². The van der Waals surface area contributed by atoms with Gasteiger partial charge < -0.3 is 4.74 Å². The van der Waals surface area contributed by atoms with E-state index in [1.165, 1.54) is 12.0 Å². The van der Waals surface area contributed by atoms with Gasteiger partial charge in [0.15, 0.2) is 0 Å². The number of ether oxygens (including phenoxy) is 1. The lowest BCUT2D eigenvalue weighted by Crippen LogP contribution is -2.36. The zero-order valence-electron chi connectivity index (χ0n) is 15.1. The van der Waals surface area contributed by atoms with Crippen molar-refractivity contribution in [3.63, 3.8) is 0 Å². The minimum absolute atomic E-state index is 0.0660. The smallest absolute Gasteiger partial charge is 0.334 e. The van der Waals surface area contributed by atoms with Crippen LogP contribution in [0.2, 0.25) is 0 Å². The molecule has 3 rings (SSSR count). The van der Waals surface area contributed by atoms with E-state index in [2.05, 4.69) is 6.08 Å². The number of aryl methyl sites for hydroxylation is 1. The number of urea groups is 1. The Morgan fingerprint density at radius 2 is 1.81 bits per heavy atom. The van der Waals surface area contributed by atoms with Crippen LogP contribution < -0.4 is 4.74 Å². The predicted octanol–water partition coefficient (Wildman–Crippen LogP) is 3.06. The van der Waals surface area contributed by atoms with Gasteiger partial charge in [-0.3, -0.25) is 19.4 Å². The highest BCUT2D eigenvalue weighted by molar-refractivity contribution is 6.44. The minimum Gasteiger partial charge on any atom is -0.492 e. The summed E-state index contributed by atoms with van der Waals surface area (Å²) in [5.74, 6) is -0.820. The molecular weight excluding hydrogens is 332 g/mol. The van der Waals surface area contributed by atoms with Crippen molar-refractivity contribution in [1.82, 2.24) is 9.80 Å². The molecular formula is C20H24N2O4. The molecule has 0 unspecified atom stereocenters. The molecule has 2 aliphatic rings. The monoisotopic (exact) mass is 356 g/mol. The number of rotatable bonds is 7. The van der Waals surface area contributed by atoms with E-state index in [1.54, 1.807) is 0 Å². The molecule has 1 aliphatic carbocycles. The van der Waals surface area contributed by atoms with Crippen LogP contribution in [0.15, 0.2) is 35.9 Å². The quantitative estimate of drug-likeness (QED) is 0.428. The van der Waals surface area contributed by atoms with E-state index < -0.39 is 17.8 Å². The average Bonchev–Trinajstić information content (AvgIpc) is 2.84. The number of carbonyl (C=O) groups excluding carboxylic acids is 3. The van der Waals surface area contributed by atoms with Crippen molar-refractivity contribution in [2.75, 3.05) is 19.7 Å². The largest absolute Gasteiger partial charge is 0.492 e. The van der Waals surface area contributed by atoms with E-state index in [0.717, 1.165) is 34.6 Å². The van der Waals surface area contributed by atoms with Gasteiger partial charge >= 0.3 is 17.8 Å². The van der Waals surface area contributed by atoms with Gasteiger partial charge in [-0.15, -0.1) is 0 Å². The van der Waals surface area contributed by atoms with Crippen molar-refractivity contribution in [3.05, 3.63) is 41.5 Å². The number of nitrogens with zero attached hydrogens (tertiary/aromatic N) is 2. The number of allylic oxidation sites excluding steroid dienone is 1. The molecule has 0 saturated carbocycles. The van der Waals surface area contributed by atoms with Gasteiger partial charge in [0.1, 0.15) is 12.4 Å². The summed E-state index contributed by atoms with van der Waals surface area (Å²) in [5.41, 5.74) is 2.33. The Labute approximate surface area is 153 Å². The summed E-state index contributed by atoms with van der Waals surface area (Å²) >= 11 is 0. The number of benzene rings is 1. The molecule has 0 N–H and O–H groups in total. The molecule has 0 atom stereocenters. The van der Waals surface area contributed by atoms with Crippen LogP contribution >= 0.6 is 0 Å². The van der Waals surface area contributed by atoms with E-state index in [9.17, 15) is 14.4 Å². The molecule has 1 aromatic rings. The van der Waals surface area contributed by atoms with Crippen LogP contribution in [-0.2, 0) is 9.59 Å². The molecule has 1 aliphatic heterocycles. The minimum atomic E-state index is -0.763. The van der Waals surface area contributed by atoms with Crippen molar-refractivity contribution in [3.8, 4) is 5.75 Å². The molecule has 1 aromatic carbocycles. The predicted molar refractivity (Wildman–Crippen MR) is 96.7 cm³/mol. The van der Waals surface area contributed by atoms with E-state index in [0.29, 0.717) is 12.2 Å². The molecule has 1 heterocycles. The first-order valence-corrected chi connectivity index (χ1v) is 9.11. The fraction of sp³-hybridized carbons (Fsp3) is 0.450. The standard InChI is InChI=1S/C20H24N2O4/c1-15-6-5-9-17(14-15)26-13-12-22-19(24)18(23)21(20(22)25)11-10-16-7-3-2-4-8-16/h5-7,9,14H,2-4,8,10-13H2,1H3. The summed E-state index contributed by atoms with van der Waals surface area (Å²) in [6, 6.07) is 6.99. The summed E-state index contributed by atoms with van der Waals surface area (Å²) in [4.78, 5) is 38.7. The second-order valence-corrected chi connectivity index (χ2v) is 6.72. The first-order chi connectivity index (χ1) is 12.6. The number of hydrogen-bond acceptors (Lipinski definition) is 4. The highest BCUT2D eigenvalue weighted by atomic mass is 16.5. The lowest BCUT2D eigenvalue weighted by Gasteiger charge is -2.18. The lowest BCUT2D eigenvalue weighted by atomic mass is 9.97. The second-order valence-electron chi connectivity index (χ2n) is 6.72. The normalized spacial score (nSPS) is 17.7. The fourth-order valence-corrected chi connectivity index (χ4v) is 3.29. The lowest BCUT2D eigenvalue weighted by molar-refractivity contribution is -0.143. The van der Waals surface area contributed by atoms with Gasteiger partial charge in [0, 0.05) is 6.54 Å². The molecule has 0 radical (unpaired) electrons. The second kappa shape index (κ2) is 8.17. The van der Waals surface area contributed by atoms with Crippen LogP contribution in [0, 0.1) is 6.92 Å². The van der Waals surface area contributed by atoms with Gasteiger partial charge in [0.25, 0.3) is 0 Å². The third-order valence-electron chi connectivity index (χ3n) is 4.75. The maximum Gasteiger partial charge on any atom is 0.334 e. The van der Waals surface area contributed by atoms with Crippen molar-refractivity contribution >= 4 is 17.8 Å². The molecule has 26 heavy (non-hydrogen) atoms. The van der Waals surface area contributed by atoms with Crippen LogP contribution in [0.5, 0.6) is 5.75 Å². The van der Waals surface area contributed by atoms with E-state index in [1.807, 2.05) is 31.2 Å². The van der Waals surface area contributed by atoms with Crippen LogP contribution in [0.3, 0.4) is 0 Å². The number of amides is 4. The summed E-state index contributed by atoms with van der Waals surface area (Å²) in [6.45, 7) is 2.45. The first-order valence-electron chi connectivity index (χ1n) is 9.11. The zero-order chi connectivity index (χ0) is 18.5. The Balaban J connectivity index is 1.53. The highest BCUT2D eigenvalue weighted by Gasteiger charge is 2.43. The molecule has 1 fully saturated rings. The van der Waals surface area contributed by atoms with Crippen LogP contribution in [-0.4, -0.2) is 47.3 Å². The first kappa shape index (κ1) is 18.2. The number of carbonyl (C=O) groups is 3. The SMILES string of the molecule is Cc1cccc(OCCN2C(=O)C(=O)N(CCC3=CCCCC3)C2=O)c1. The van der Waals surface area contributed by atoms with Crippen molar-refractivity contribution in [2.45, 2.75) is 39.0 Å². The molecule has 0 aromatic heterocycles. The van der Waals surface area contributed by atoms with Gasteiger partial charge in [-0.05, 0) is 56.7 Å². The van der Waals surface area contributed by atoms with E-state index in [-0.39, 0.29) is 19.7 Å². The maximum absolute atomic E-state index is 12.4. The summed E-state index contributed by atoms with van der Waals surface area (Å²) in [5, 5.41) is 0. The Morgan fingerprint density at radius 1 is 1.04 bits per heavy atom. The topological polar surface area (TPSA) is 66.9 Å². The average molecular weight is 356 g/mol. The molecule has 4 amide bonds. The van der Waals surface area contributed by atoms with E-state index >= 15 is 0 Å². The third kappa shape index (κ3) is 4.12. The Morgan fingerprint density at radius 3 is 2.50 bits per heavy atom. The molecule has 138 valence electrons. The Hall–Kier alpha value is -2.63. The van der Waals surface area contributed by atoms with Gasteiger partial charge in [-0.25, -0.2) is 4.79 Å². The van der Waals surface area contributed by atoms with Crippen LogP contribution in [0.25, 0.3) is 0 Å². The van der Waals surface area contributed by atoms with Gasteiger partial charge in [-0.2, -0.15) is 0 Å². The molecule has 1 saturated heterocycles. The van der Waals surface area contributed by atoms with E-state index in [4.69, 9.17) is 4.74 Å². The molecule has 0 spiro atoms. The van der Waals surface area contributed by atoms with Gasteiger partial charge in [-0.1, -0.05) is 23.8 Å². The summed E-state index contributed by atoms with van der Waals surface area (Å²) in [7, 11) is 0. The summed E-state index contributed by atoms with van der Waals surface area (Å²) < 4.78 is 5.59. The Bertz CT molecular complexity index is 741. The zero-order valence-corrected chi connectivity index (χ0v) is 15.1. The number of hydrogen-bond donors (Lipinski definition) is 0. The molecule has 6 nitrogen and oxygen atoms in total. The van der Waals surface area contributed by atoms with Crippen LogP contribution in [0.4, 0.5) is 4.79 Å². The Kier molecular flexibility index (Phi) is 5.71. The molecule has 0 bridgehead atoms. The fourth-order valence-electron chi connectivity index (χ4n) is 3.29. The van der Waals surface area contributed by atoms with Crippen molar-refractivity contribution in [2.24, 2.45) is 0 Å². The van der Waals surface area contributed by atoms with Crippen LogP contribution in [0.1, 0.15) is 37.7 Å². The van der Waals surface area contributed by atoms with Crippen molar-refractivity contribution < 1.29 is 19.1 Å². The molecule has 6 heteroatoms. The summed E-state index contributed by atoms with van der Waals surface area (Å²) in [6.07, 6.45) is 7.24. The highest BCUT2D eigenvalue weighted by Crippen LogP contribution is 2.22. The third-order valence-corrected chi connectivity index (χ3v) is 4.75. The van der Waals surface area contributed by atoms with Crippen molar-refractivity contribution in [1.29, 1.82) is 0 Å². The van der Waals surface area contributed by atoms with Gasteiger partial charge in [0.2, 0.25) is 0 Å².